The Hall–Kier alpha value is -6.39. The minimum Gasteiger partial charge on any atom is -0.456 e. The summed E-state index contributed by atoms with van der Waals surface area (Å²) >= 11 is 0. The van der Waals surface area contributed by atoms with Gasteiger partial charge in [-0.1, -0.05) is 133 Å². The molecule has 2 aromatic heterocycles. The van der Waals surface area contributed by atoms with Crippen molar-refractivity contribution in [2.24, 2.45) is 0 Å². The van der Waals surface area contributed by atoms with Gasteiger partial charge in [-0.3, -0.25) is 0 Å². The standard InChI is InChI=1S/C43H27N3O/c1-3-11-28(12-4-1)30-21-22-32-26-35(24-23-31(32)25-30)43-45-41(29-13-5-2-6-14-29)44-42(46-43)34-16-9-15-33(27-34)36-18-10-20-39-40(36)37-17-7-8-19-38(37)47-39/h1-27H/i2D,5D,6D,7D,8D,9D,10D,13D,14D,15D,16D,17D,18D,19D,20D,21D,22D,23D,24D,25D,26D,27D. The third-order valence-corrected chi connectivity index (χ3v) is 7.07. The molecule has 0 unspecified atom stereocenters. The van der Waals surface area contributed by atoms with E-state index in [2.05, 4.69) is 15.0 Å². The summed E-state index contributed by atoms with van der Waals surface area (Å²) in [4.78, 5) is 13.0. The van der Waals surface area contributed by atoms with Crippen molar-refractivity contribution in [2.45, 2.75) is 0 Å². The van der Waals surface area contributed by atoms with E-state index in [4.69, 9.17) is 30.5 Å². The first kappa shape index (κ1) is 12.8. The van der Waals surface area contributed by atoms with E-state index in [0.29, 0.717) is 5.56 Å². The van der Waals surface area contributed by atoms with Crippen LogP contribution in [0.1, 0.15) is 30.2 Å². The van der Waals surface area contributed by atoms with Crippen LogP contribution in [0.5, 0.6) is 0 Å². The van der Waals surface area contributed by atoms with E-state index in [-0.39, 0.29) is 10.9 Å². The Bertz CT molecular complexity index is 3790. The second kappa shape index (κ2) is 11.2. The van der Waals surface area contributed by atoms with Crippen LogP contribution in [-0.2, 0) is 0 Å². The van der Waals surface area contributed by atoms with Gasteiger partial charge in [-0.05, 0) is 63.2 Å². The SMILES string of the molecule is [2H]c1c([2H])c([2H])c(-c2nc(-c3c([2H])c([2H])c([2H])c(-c4c([2H])c([2H])c([2H])c5oc6c([2H])c([2H])c([2H])c([2H])c6c45)c3[2H])nc(-c3c([2H])c([2H])c4c([2H])c(-c5ccccc5)c([2H])c([2H])c4c3[2H])n2)c([2H])c1[2H]. The molecule has 4 heteroatoms. The first-order valence-corrected chi connectivity index (χ1v) is 13.9. The molecule has 9 aromatic rings. The Morgan fingerprint density at radius 2 is 1.02 bits per heavy atom. The fourth-order valence-electron chi connectivity index (χ4n) is 4.94. The summed E-state index contributed by atoms with van der Waals surface area (Å²) in [6.07, 6.45) is 0. The van der Waals surface area contributed by atoms with Crippen molar-refractivity contribution in [3.8, 4) is 56.4 Å². The molecule has 0 aliphatic heterocycles. The van der Waals surface area contributed by atoms with Gasteiger partial charge in [-0.2, -0.15) is 0 Å². The molecule has 9 rings (SSSR count). The van der Waals surface area contributed by atoms with Crippen LogP contribution in [-0.4, -0.2) is 15.0 Å². The van der Waals surface area contributed by atoms with Crippen LogP contribution in [0, 0.1) is 0 Å². The van der Waals surface area contributed by atoms with Gasteiger partial charge in [0, 0.05) is 27.5 Å². The number of para-hydroxylation sites is 1. The summed E-state index contributed by atoms with van der Waals surface area (Å²) in [5.41, 5.74) is -4.17. The van der Waals surface area contributed by atoms with Gasteiger partial charge < -0.3 is 4.42 Å². The molecule has 47 heavy (non-hydrogen) atoms. The molecule has 0 radical (unpaired) electrons. The van der Waals surface area contributed by atoms with Gasteiger partial charge >= 0.3 is 0 Å². The van der Waals surface area contributed by atoms with E-state index < -0.39 is 206 Å². The maximum absolute atomic E-state index is 9.63. The van der Waals surface area contributed by atoms with Crippen LogP contribution in [0.15, 0.2) is 168 Å². The van der Waals surface area contributed by atoms with Crippen molar-refractivity contribution in [1.29, 1.82) is 0 Å². The molecule has 0 N–H and O–H groups in total. The third kappa shape index (κ3) is 4.93. The predicted octanol–water partition coefficient (Wildman–Crippen LogP) is 11.3. The molecule has 0 bridgehead atoms. The van der Waals surface area contributed by atoms with Crippen LogP contribution in [0.25, 0.3) is 89.1 Å². The Morgan fingerprint density at radius 1 is 0.426 bits per heavy atom. The zero-order chi connectivity index (χ0) is 50.3. The number of benzene rings is 7. The molecule has 0 fully saturated rings. The number of nitrogens with zero attached hydrogens (tertiary/aromatic N) is 3. The number of hydrogen-bond acceptors (Lipinski definition) is 4. The maximum Gasteiger partial charge on any atom is 0.164 e. The maximum atomic E-state index is 9.63. The van der Waals surface area contributed by atoms with Crippen LogP contribution >= 0.6 is 0 Å². The molecule has 0 aliphatic rings. The minimum atomic E-state index is -0.966. The predicted molar refractivity (Wildman–Crippen MR) is 192 cm³/mol. The minimum absolute atomic E-state index is 0.0587. The van der Waals surface area contributed by atoms with Gasteiger partial charge in [0.2, 0.25) is 0 Å². The highest BCUT2D eigenvalue weighted by molar-refractivity contribution is 6.12. The van der Waals surface area contributed by atoms with Gasteiger partial charge in [0.15, 0.2) is 17.5 Å². The number of fused-ring (bicyclic) bond motifs is 4. The lowest BCUT2D eigenvalue weighted by Gasteiger charge is -2.11. The molecule has 0 amide bonds. The summed E-state index contributed by atoms with van der Waals surface area (Å²) in [6, 6.07) is -9.11. The summed E-state index contributed by atoms with van der Waals surface area (Å²) < 4.78 is 200. The fraction of sp³-hybridized carbons (Fsp3) is 0. The highest BCUT2D eigenvalue weighted by atomic mass is 16.3. The zero-order valence-corrected chi connectivity index (χ0v) is 23.6. The van der Waals surface area contributed by atoms with E-state index in [9.17, 15) is 4.11 Å². The summed E-state index contributed by atoms with van der Waals surface area (Å²) in [5, 5.41) is -1.62. The first-order chi connectivity index (χ1) is 32.5. The average Bonchev–Trinajstić information content (AvgIpc) is 3.73. The Balaban J connectivity index is 1.43. The largest absolute Gasteiger partial charge is 0.456 e. The highest BCUT2D eigenvalue weighted by Crippen LogP contribution is 2.38. The number of rotatable bonds is 5. The van der Waals surface area contributed by atoms with Crippen molar-refractivity contribution < 1.29 is 34.6 Å². The third-order valence-electron chi connectivity index (χ3n) is 7.07. The molecule has 0 aliphatic carbocycles. The number of aromatic nitrogens is 3. The number of furan rings is 1. The van der Waals surface area contributed by atoms with Crippen molar-refractivity contribution >= 4 is 32.7 Å². The summed E-state index contributed by atoms with van der Waals surface area (Å²) in [7, 11) is 0. The van der Waals surface area contributed by atoms with Gasteiger partial charge in [-0.25, -0.2) is 15.0 Å². The van der Waals surface area contributed by atoms with Gasteiger partial charge in [-0.15, -0.1) is 0 Å². The Kier molecular flexibility index (Phi) is 3.05. The quantitative estimate of drug-likeness (QED) is 0.191. The van der Waals surface area contributed by atoms with Crippen molar-refractivity contribution in [3.05, 3.63) is 163 Å². The molecular weight excluding hydrogens is 574 g/mol. The molecule has 220 valence electrons. The molecule has 4 nitrogen and oxygen atoms in total. The van der Waals surface area contributed by atoms with Gasteiger partial charge in [0.1, 0.15) is 11.2 Å². The van der Waals surface area contributed by atoms with E-state index in [1.807, 2.05) is 0 Å². The van der Waals surface area contributed by atoms with E-state index in [1.54, 1.807) is 30.3 Å². The lowest BCUT2D eigenvalue weighted by atomic mass is 9.97. The molecule has 0 saturated heterocycles. The lowest BCUT2D eigenvalue weighted by Crippen LogP contribution is -2.00. The fourth-order valence-corrected chi connectivity index (χ4v) is 4.94. The van der Waals surface area contributed by atoms with Crippen molar-refractivity contribution in [3.63, 3.8) is 0 Å². The van der Waals surface area contributed by atoms with Crippen LogP contribution in [0.4, 0.5) is 0 Å². The normalized spacial score (nSPS) is 18.0. The molecule has 7 aromatic carbocycles. The highest BCUT2D eigenvalue weighted by Gasteiger charge is 2.16. The average molecular weight is 624 g/mol. The molecule has 2 heterocycles. The summed E-state index contributed by atoms with van der Waals surface area (Å²) in [6.45, 7) is 0. The molecule has 0 spiro atoms. The van der Waals surface area contributed by atoms with E-state index in [1.165, 1.54) is 0 Å². The van der Waals surface area contributed by atoms with Crippen molar-refractivity contribution in [1.82, 2.24) is 15.0 Å². The van der Waals surface area contributed by atoms with Crippen LogP contribution in [0.2, 0.25) is 0 Å². The monoisotopic (exact) mass is 623 g/mol. The molecule has 0 atom stereocenters. The van der Waals surface area contributed by atoms with Crippen LogP contribution < -0.4 is 0 Å². The Labute approximate surface area is 302 Å². The van der Waals surface area contributed by atoms with E-state index in [0.717, 1.165) is 0 Å². The first-order valence-electron chi connectivity index (χ1n) is 24.9. The van der Waals surface area contributed by atoms with Crippen LogP contribution in [0.3, 0.4) is 0 Å². The molecule has 0 saturated carbocycles. The second-order valence-electron chi connectivity index (χ2n) is 9.93. The number of hydrogen-bond donors (Lipinski definition) is 0. The summed E-state index contributed by atoms with van der Waals surface area (Å²) in [5.74, 6) is -2.37. The van der Waals surface area contributed by atoms with E-state index >= 15 is 0 Å². The lowest BCUT2D eigenvalue weighted by molar-refractivity contribution is 0.669. The smallest absolute Gasteiger partial charge is 0.164 e. The Morgan fingerprint density at radius 3 is 1.83 bits per heavy atom. The topological polar surface area (TPSA) is 51.8 Å². The van der Waals surface area contributed by atoms with Gasteiger partial charge in [0.05, 0.1) is 30.2 Å². The second-order valence-corrected chi connectivity index (χ2v) is 9.93. The zero-order valence-electron chi connectivity index (χ0n) is 45.6. The molecular formula is C43H27N3O. The van der Waals surface area contributed by atoms with Gasteiger partial charge in [0.25, 0.3) is 0 Å². The van der Waals surface area contributed by atoms with Crippen molar-refractivity contribution in [2.75, 3.05) is 0 Å².